The van der Waals surface area contributed by atoms with Gasteiger partial charge in [0.05, 0.1) is 18.4 Å². The van der Waals surface area contributed by atoms with Crippen LogP contribution in [0.5, 0.6) is 0 Å². The standard InChI is InChI=1S/C15H21N5OS/c1-19(2)9-13-10-20(6-7-21-13)8-12-11-22-15(18-12)14-16-4-3-5-17-14/h3-5,11,13H,6-10H2,1-2H3. The predicted octanol–water partition coefficient (Wildman–Crippen LogP) is 1.36. The third kappa shape index (κ3) is 4.07. The summed E-state index contributed by atoms with van der Waals surface area (Å²) in [6.45, 7) is 4.51. The molecule has 1 saturated heterocycles. The first-order valence-corrected chi connectivity index (χ1v) is 8.29. The maximum absolute atomic E-state index is 5.81. The summed E-state index contributed by atoms with van der Waals surface area (Å²) in [5, 5.41) is 2.98. The number of morpholine rings is 1. The molecular formula is C15H21N5OS. The van der Waals surface area contributed by atoms with Crippen molar-refractivity contribution in [1.29, 1.82) is 0 Å². The maximum atomic E-state index is 5.81. The number of nitrogens with zero attached hydrogens (tertiary/aromatic N) is 5. The smallest absolute Gasteiger partial charge is 0.188 e. The van der Waals surface area contributed by atoms with Crippen LogP contribution in [-0.4, -0.2) is 71.2 Å². The molecule has 0 radical (unpaired) electrons. The molecule has 2 aromatic rings. The fourth-order valence-electron chi connectivity index (χ4n) is 2.56. The second kappa shape index (κ2) is 7.23. The van der Waals surface area contributed by atoms with E-state index in [0.717, 1.165) is 43.5 Å². The van der Waals surface area contributed by atoms with E-state index in [4.69, 9.17) is 4.74 Å². The molecule has 1 unspecified atom stereocenters. The Balaban J connectivity index is 1.60. The fourth-order valence-corrected chi connectivity index (χ4v) is 3.32. The summed E-state index contributed by atoms with van der Waals surface area (Å²) in [4.78, 5) is 17.7. The Morgan fingerprint density at radius 3 is 2.95 bits per heavy atom. The van der Waals surface area contributed by atoms with Crippen LogP contribution in [0.3, 0.4) is 0 Å². The van der Waals surface area contributed by atoms with Crippen LogP contribution in [0.1, 0.15) is 5.69 Å². The predicted molar refractivity (Wildman–Crippen MR) is 86.7 cm³/mol. The molecule has 3 heterocycles. The van der Waals surface area contributed by atoms with Gasteiger partial charge in [-0.25, -0.2) is 15.0 Å². The first-order chi connectivity index (χ1) is 10.7. The summed E-state index contributed by atoms with van der Waals surface area (Å²) in [6.07, 6.45) is 3.77. The monoisotopic (exact) mass is 319 g/mol. The molecule has 0 aromatic carbocycles. The Morgan fingerprint density at radius 2 is 2.18 bits per heavy atom. The average molecular weight is 319 g/mol. The van der Waals surface area contributed by atoms with Crippen LogP contribution in [0.4, 0.5) is 0 Å². The number of aromatic nitrogens is 3. The minimum atomic E-state index is 0.277. The lowest BCUT2D eigenvalue weighted by Crippen LogP contribution is -2.46. The van der Waals surface area contributed by atoms with Crippen molar-refractivity contribution >= 4 is 11.3 Å². The number of thiazole rings is 1. The Kier molecular flexibility index (Phi) is 5.09. The van der Waals surface area contributed by atoms with Gasteiger partial charge in [0, 0.05) is 44.0 Å². The van der Waals surface area contributed by atoms with E-state index in [1.807, 2.05) is 6.07 Å². The highest BCUT2D eigenvalue weighted by Crippen LogP contribution is 2.21. The summed E-state index contributed by atoms with van der Waals surface area (Å²) in [5.41, 5.74) is 1.08. The van der Waals surface area contributed by atoms with Gasteiger partial charge in [-0.1, -0.05) is 0 Å². The second-order valence-corrected chi connectivity index (χ2v) is 6.56. The molecule has 2 aromatic heterocycles. The van der Waals surface area contributed by atoms with Crippen LogP contribution in [0.2, 0.25) is 0 Å². The molecule has 1 aliphatic rings. The van der Waals surface area contributed by atoms with Gasteiger partial charge in [0.1, 0.15) is 0 Å². The molecule has 118 valence electrons. The fraction of sp³-hybridized carbons (Fsp3) is 0.533. The van der Waals surface area contributed by atoms with Gasteiger partial charge < -0.3 is 9.64 Å². The summed E-state index contributed by atoms with van der Waals surface area (Å²) in [6, 6.07) is 1.82. The SMILES string of the molecule is CN(C)CC1CN(Cc2csc(-c3ncccn3)n2)CCO1. The van der Waals surface area contributed by atoms with Gasteiger partial charge >= 0.3 is 0 Å². The van der Waals surface area contributed by atoms with E-state index in [9.17, 15) is 0 Å². The molecule has 3 rings (SSSR count). The molecule has 0 saturated carbocycles. The first-order valence-electron chi connectivity index (χ1n) is 7.41. The molecule has 0 spiro atoms. The van der Waals surface area contributed by atoms with Gasteiger partial charge in [0.15, 0.2) is 10.8 Å². The van der Waals surface area contributed by atoms with Crippen molar-refractivity contribution in [2.45, 2.75) is 12.6 Å². The average Bonchev–Trinajstić information content (AvgIpc) is 2.96. The molecule has 1 fully saturated rings. The van der Waals surface area contributed by atoms with Gasteiger partial charge in [-0.3, -0.25) is 4.90 Å². The summed E-state index contributed by atoms with van der Waals surface area (Å²) >= 11 is 1.60. The maximum Gasteiger partial charge on any atom is 0.188 e. The van der Waals surface area contributed by atoms with Crippen LogP contribution < -0.4 is 0 Å². The Hall–Kier alpha value is -1.41. The second-order valence-electron chi connectivity index (χ2n) is 5.71. The lowest BCUT2D eigenvalue weighted by atomic mass is 10.2. The van der Waals surface area contributed by atoms with E-state index in [0.29, 0.717) is 5.82 Å². The van der Waals surface area contributed by atoms with Crippen LogP contribution in [0, 0.1) is 0 Å². The zero-order chi connectivity index (χ0) is 15.4. The van der Waals surface area contributed by atoms with Crippen molar-refractivity contribution in [3.8, 4) is 10.8 Å². The summed E-state index contributed by atoms with van der Waals surface area (Å²) in [5.74, 6) is 0.700. The number of hydrogen-bond donors (Lipinski definition) is 0. The normalized spacial score (nSPS) is 19.7. The van der Waals surface area contributed by atoms with Crippen molar-refractivity contribution in [2.24, 2.45) is 0 Å². The van der Waals surface area contributed by atoms with Crippen LogP contribution in [-0.2, 0) is 11.3 Å². The molecule has 7 heteroatoms. The molecule has 0 N–H and O–H groups in total. The minimum absolute atomic E-state index is 0.277. The van der Waals surface area contributed by atoms with Crippen LogP contribution in [0.25, 0.3) is 10.8 Å². The molecule has 1 aliphatic heterocycles. The van der Waals surface area contributed by atoms with Crippen LogP contribution >= 0.6 is 11.3 Å². The third-order valence-electron chi connectivity index (χ3n) is 3.49. The van der Waals surface area contributed by atoms with E-state index >= 15 is 0 Å². The molecule has 0 amide bonds. The zero-order valence-electron chi connectivity index (χ0n) is 13.0. The van der Waals surface area contributed by atoms with Gasteiger partial charge in [-0.2, -0.15) is 0 Å². The lowest BCUT2D eigenvalue weighted by Gasteiger charge is -2.33. The zero-order valence-corrected chi connectivity index (χ0v) is 13.8. The van der Waals surface area contributed by atoms with Crippen molar-refractivity contribution in [2.75, 3.05) is 40.3 Å². The molecular weight excluding hydrogens is 298 g/mol. The van der Waals surface area contributed by atoms with Gasteiger partial charge in [0.2, 0.25) is 0 Å². The lowest BCUT2D eigenvalue weighted by molar-refractivity contribution is -0.0409. The Morgan fingerprint density at radius 1 is 1.36 bits per heavy atom. The summed E-state index contributed by atoms with van der Waals surface area (Å²) < 4.78 is 5.81. The number of ether oxygens (including phenoxy) is 1. The van der Waals surface area contributed by atoms with Gasteiger partial charge in [0.25, 0.3) is 0 Å². The van der Waals surface area contributed by atoms with Crippen molar-refractivity contribution in [3.05, 3.63) is 29.5 Å². The molecule has 0 bridgehead atoms. The highest BCUT2D eigenvalue weighted by molar-refractivity contribution is 7.13. The molecule has 22 heavy (non-hydrogen) atoms. The van der Waals surface area contributed by atoms with Crippen LogP contribution in [0.15, 0.2) is 23.8 Å². The topological polar surface area (TPSA) is 54.4 Å². The van der Waals surface area contributed by atoms with E-state index in [-0.39, 0.29) is 6.10 Å². The molecule has 1 atom stereocenters. The van der Waals surface area contributed by atoms with E-state index in [1.165, 1.54) is 0 Å². The van der Waals surface area contributed by atoms with Crippen molar-refractivity contribution in [3.63, 3.8) is 0 Å². The molecule has 6 nitrogen and oxygen atoms in total. The van der Waals surface area contributed by atoms with E-state index < -0.39 is 0 Å². The quantitative estimate of drug-likeness (QED) is 0.829. The Labute approximate surface area is 134 Å². The number of rotatable bonds is 5. The summed E-state index contributed by atoms with van der Waals surface area (Å²) in [7, 11) is 4.16. The van der Waals surface area contributed by atoms with E-state index in [1.54, 1.807) is 23.7 Å². The van der Waals surface area contributed by atoms with Gasteiger partial charge in [-0.15, -0.1) is 11.3 Å². The first kappa shape index (κ1) is 15.5. The third-order valence-corrected chi connectivity index (χ3v) is 4.37. The largest absolute Gasteiger partial charge is 0.374 e. The molecule has 0 aliphatic carbocycles. The van der Waals surface area contributed by atoms with Gasteiger partial charge in [-0.05, 0) is 20.2 Å². The number of hydrogen-bond acceptors (Lipinski definition) is 7. The highest BCUT2D eigenvalue weighted by atomic mass is 32.1. The van der Waals surface area contributed by atoms with E-state index in [2.05, 4.69) is 44.2 Å². The van der Waals surface area contributed by atoms with Crippen molar-refractivity contribution in [1.82, 2.24) is 24.8 Å². The van der Waals surface area contributed by atoms with Crippen molar-refractivity contribution < 1.29 is 4.74 Å². The number of likely N-dealkylation sites (N-methyl/N-ethyl adjacent to an activating group) is 1. The minimum Gasteiger partial charge on any atom is -0.374 e. The Bertz CT molecular complexity index is 589. The highest BCUT2D eigenvalue weighted by Gasteiger charge is 2.21.